The van der Waals surface area contributed by atoms with Gasteiger partial charge in [-0.1, -0.05) is 25.0 Å². The Morgan fingerprint density at radius 2 is 2.12 bits per heavy atom. The Kier molecular flexibility index (Phi) is 4.02. The van der Waals surface area contributed by atoms with E-state index in [9.17, 15) is 9.90 Å². The number of phenolic OH excluding ortho intramolecular Hbond substituents is 1. The molecule has 1 aromatic rings. The number of phenols is 1. The average Bonchev–Trinajstić information content (AvgIpc) is 2.79. The summed E-state index contributed by atoms with van der Waals surface area (Å²) in [5.41, 5.74) is 0.855. The van der Waals surface area contributed by atoms with Crippen LogP contribution < -0.4 is 5.32 Å². The highest BCUT2D eigenvalue weighted by Gasteiger charge is 2.15. The third-order valence-electron chi connectivity index (χ3n) is 3.34. The summed E-state index contributed by atoms with van der Waals surface area (Å²) in [5, 5.41) is 12.3. The van der Waals surface area contributed by atoms with Crippen molar-refractivity contribution in [2.45, 2.75) is 32.1 Å². The molecular weight excluding hydrogens is 214 g/mol. The van der Waals surface area contributed by atoms with Gasteiger partial charge in [0, 0.05) is 6.54 Å². The van der Waals surface area contributed by atoms with Crippen molar-refractivity contribution in [1.82, 2.24) is 5.32 Å². The number of carbonyl (C=O) groups excluding carboxylic acids is 1. The zero-order valence-corrected chi connectivity index (χ0v) is 9.98. The summed E-state index contributed by atoms with van der Waals surface area (Å²) in [6.07, 6.45) is 5.43. The van der Waals surface area contributed by atoms with E-state index in [1.165, 1.54) is 25.7 Å². The molecule has 0 radical (unpaired) electrons. The Morgan fingerprint density at radius 1 is 1.35 bits per heavy atom. The number of rotatable bonds is 4. The van der Waals surface area contributed by atoms with Gasteiger partial charge in [0.05, 0.1) is 6.42 Å². The molecule has 1 saturated carbocycles. The smallest absolute Gasteiger partial charge is 0.224 e. The summed E-state index contributed by atoms with van der Waals surface area (Å²) in [6.45, 7) is 0.803. The van der Waals surface area contributed by atoms with Crippen LogP contribution in [0.25, 0.3) is 0 Å². The lowest BCUT2D eigenvalue weighted by atomic mass is 10.1. The van der Waals surface area contributed by atoms with E-state index in [0.29, 0.717) is 12.3 Å². The first-order valence-electron chi connectivity index (χ1n) is 6.28. The molecule has 2 N–H and O–H groups in total. The summed E-state index contributed by atoms with van der Waals surface area (Å²) >= 11 is 0. The van der Waals surface area contributed by atoms with Crippen LogP contribution >= 0.6 is 0 Å². The summed E-state index contributed by atoms with van der Waals surface area (Å²) in [5.74, 6) is 0.928. The van der Waals surface area contributed by atoms with E-state index in [1.807, 2.05) is 6.07 Å². The molecule has 1 aromatic carbocycles. The minimum Gasteiger partial charge on any atom is -0.508 e. The van der Waals surface area contributed by atoms with Crippen LogP contribution in [-0.2, 0) is 11.2 Å². The molecule has 2 rings (SSSR count). The molecule has 1 amide bonds. The molecule has 3 heteroatoms. The molecule has 0 atom stereocenters. The molecule has 0 bridgehead atoms. The van der Waals surface area contributed by atoms with Gasteiger partial charge >= 0.3 is 0 Å². The number of hydrogen-bond acceptors (Lipinski definition) is 2. The van der Waals surface area contributed by atoms with Crippen LogP contribution in [-0.4, -0.2) is 17.6 Å². The Labute approximate surface area is 102 Å². The van der Waals surface area contributed by atoms with Gasteiger partial charge in [0.2, 0.25) is 5.91 Å². The van der Waals surface area contributed by atoms with Crippen molar-refractivity contribution in [3.63, 3.8) is 0 Å². The molecule has 0 aliphatic heterocycles. The predicted molar refractivity (Wildman–Crippen MR) is 66.8 cm³/mol. The summed E-state index contributed by atoms with van der Waals surface area (Å²) in [4.78, 5) is 11.7. The zero-order valence-electron chi connectivity index (χ0n) is 9.98. The highest BCUT2D eigenvalue weighted by Crippen LogP contribution is 2.23. The molecular formula is C14H19NO2. The molecule has 1 aliphatic carbocycles. The maximum absolute atomic E-state index is 11.7. The van der Waals surface area contributed by atoms with Crippen molar-refractivity contribution >= 4 is 5.91 Å². The van der Waals surface area contributed by atoms with Crippen LogP contribution in [0.15, 0.2) is 24.3 Å². The van der Waals surface area contributed by atoms with Gasteiger partial charge in [0.15, 0.2) is 0 Å². The van der Waals surface area contributed by atoms with Crippen molar-refractivity contribution in [3.05, 3.63) is 29.8 Å². The highest BCUT2D eigenvalue weighted by atomic mass is 16.3. The van der Waals surface area contributed by atoms with Crippen LogP contribution in [0.1, 0.15) is 31.2 Å². The Morgan fingerprint density at radius 3 is 2.82 bits per heavy atom. The largest absolute Gasteiger partial charge is 0.508 e. The van der Waals surface area contributed by atoms with E-state index in [1.54, 1.807) is 18.2 Å². The molecule has 3 nitrogen and oxygen atoms in total. The van der Waals surface area contributed by atoms with E-state index < -0.39 is 0 Å². The van der Waals surface area contributed by atoms with Crippen LogP contribution in [0.4, 0.5) is 0 Å². The molecule has 0 spiro atoms. The van der Waals surface area contributed by atoms with Crippen molar-refractivity contribution < 1.29 is 9.90 Å². The number of hydrogen-bond donors (Lipinski definition) is 2. The molecule has 92 valence electrons. The second-order valence-electron chi connectivity index (χ2n) is 4.80. The van der Waals surface area contributed by atoms with Crippen molar-refractivity contribution in [3.8, 4) is 5.75 Å². The molecule has 1 fully saturated rings. The van der Waals surface area contributed by atoms with Gasteiger partial charge in [-0.05, 0) is 36.5 Å². The van der Waals surface area contributed by atoms with Gasteiger partial charge in [-0.3, -0.25) is 4.79 Å². The van der Waals surface area contributed by atoms with Crippen LogP contribution in [0.3, 0.4) is 0 Å². The van der Waals surface area contributed by atoms with Gasteiger partial charge in [0.25, 0.3) is 0 Å². The van der Waals surface area contributed by atoms with Crippen molar-refractivity contribution in [2.75, 3.05) is 6.54 Å². The van der Waals surface area contributed by atoms with Crippen LogP contribution in [0.2, 0.25) is 0 Å². The first kappa shape index (κ1) is 12.0. The van der Waals surface area contributed by atoms with Gasteiger partial charge in [0.1, 0.15) is 5.75 Å². The fourth-order valence-corrected chi connectivity index (χ4v) is 2.39. The lowest BCUT2D eigenvalue weighted by molar-refractivity contribution is -0.120. The number of nitrogens with one attached hydrogen (secondary N) is 1. The number of carbonyl (C=O) groups is 1. The van der Waals surface area contributed by atoms with E-state index >= 15 is 0 Å². The maximum atomic E-state index is 11.7. The topological polar surface area (TPSA) is 49.3 Å². The monoisotopic (exact) mass is 233 g/mol. The molecule has 1 aliphatic rings. The lowest BCUT2D eigenvalue weighted by Gasteiger charge is -2.10. The van der Waals surface area contributed by atoms with Gasteiger partial charge < -0.3 is 10.4 Å². The van der Waals surface area contributed by atoms with E-state index in [4.69, 9.17) is 0 Å². The Bertz CT molecular complexity index is 384. The SMILES string of the molecule is O=C(Cc1cccc(O)c1)NCC1CCCC1. The van der Waals surface area contributed by atoms with Gasteiger partial charge in [-0.25, -0.2) is 0 Å². The van der Waals surface area contributed by atoms with E-state index in [0.717, 1.165) is 12.1 Å². The second kappa shape index (κ2) is 5.71. The van der Waals surface area contributed by atoms with Crippen molar-refractivity contribution in [1.29, 1.82) is 0 Å². The lowest BCUT2D eigenvalue weighted by Crippen LogP contribution is -2.29. The van der Waals surface area contributed by atoms with Crippen molar-refractivity contribution in [2.24, 2.45) is 5.92 Å². The quantitative estimate of drug-likeness (QED) is 0.838. The third kappa shape index (κ3) is 3.77. The average molecular weight is 233 g/mol. The molecule has 17 heavy (non-hydrogen) atoms. The standard InChI is InChI=1S/C14H19NO2/c16-13-7-3-6-12(8-13)9-14(17)15-10-11-4-1-2-5-11/h3,6-8,11,16H,1-2,4-5,9-10H2,(H,15,17). The van der Waals surface area contributed by atoms with Crippen LogP contribution in [0, 0.1) is 5.92 Å². The zero-order chi connectivity index (χ0) is 12.1. The van der Waals surface area contributed by atoms with E-state index in [-0.39, 0.29) is 11.7 Å². The third-order valence-corrected chi connectivity index (χ3v) is 3.34. The molecule has 0 heterocycles. The number of benzene rings is 1. The molecule has 0 saturated heterocycles. The normalized spacial score (nSPS) is 16.0. The van der Waals surface area contributed by atoms with Gasteiger partial charge in [-0.2, -0.15) is 0 Å². The van der Waals surface area contributed by atoms with E-state index in [2.05, 4.69) is 5.32 Å². The summed E-state index contributed by atoms with van der Waals surface area (Å²) in [6, 6.07) is 6.86. The first-order chi connectivity index (χ1) is 8.24. The number of aromatic hydroxyl groups is 1. The minimum absolute atomic E-state index is 0.0440. The van der Waals surface area contributed by atoms with Gasteiger partial charge in [-0.15, -0.1) is 0 Å². The second-order valence-corrected chi connectivity index (χ2v) is 4.80. The summed E-state index contributed by atoms with van der Waals surface area (Å²) in [7, 11) is 0. The predicted octanol–water partition coefficient (Wildman–Crippen LogP) is 2.24. The Balaban J connectivity index is 1.76. The summed E-state index contributed by atoms with van der Waals surface area (Å²) < 4.78 is 0. The minimum atomic E-state index is 0.0440. The fourth-order valence-electron chi connectivity index (χ4n) is 2.39. The highest BCUT2D eigenvalue weighted by molar-refractivity contribution is 5.78. The Hall–Kier alpha value is -1.51. The fraction of sp³-hybridized carbons (Fsp3) is 0.500. The number of amides is 1. The molecule has 0 aromatic heterocycles. The first-order valence-corrected chi connectivity index (χ1v) is 6.28. The molecule has 0 unspecified atom stereocenters. The maximum Gasteiger partial charge on any atom is 0.224 e. The van der Waals surface area contributed by atoms with Crippen LogP contribution in [0.5, 0.6) is 5.75 Å².